The molecule has 4 rings (SSSR count). The van der Waals surface area contributed by atoms with E-state index in [0.29, 0.717) is 24.2 Å². The van der Waals surface area contributed by atoms with Gasteiger partial charge in [0.2, 0.25) is 5.91 Å². The third kappa shape index (κ3) is 5.06. The van der Waals surface area contributed by atoms with E-state index in [9.17, 15) is 14.0 Å². The van der Waals surface area contributed by atoms with Crippen LogP contribution in [0, 0.1) is 19.8 Å². The molecule has 2 amide bonds. The lowest BCUT2D eigenvalue weighted by atomic mass is 9.86. The molecule has 0 fully saturated rings. The summed E-state index contributed by atoms with van der Waals surface area (Å²) in [4.78, 5) is 30.5. The normalized spacial score (nSPS) is 16.5. The van der Waals surface area contributed by atoms with Crippen molar-refractivity contribution in [2.45, 2.75) is 39.2 Å². The van der Waals surface area contributed by atoms with Gasteiger partial charge >= 0.3 is 0 Å². The van der Waals surface area contributed by atoms with Crippen molar-refractivity contribution in [1.29, 1.82) is 0 Å². The lowest BCUT2D eigenvalue weighted by molar-refractivity contribution is -0.119. The maximum atomic E-state index is 13.6. The standard InChI is InChI=1S/C26H28FN5O2/c1-16-12-14-28-17(2)23(16)18-6-10-21(11-7-18)30-26(34)24(19-4-8-20(27)9-5-19)31-25(33)22-13-15-29-32(22)3/h6-8,10-15,19,24H,4-5,9H2,1-3H3,(H,30,34)(H,31,33)/t19-,24?/m1/s1. The maximum Gasteiger partial charge on any atom is 0.270 e. The minimum absolute atomic E-state index is 0.176. The van der Waals surface area contributed by atoms with Crippen molar-refractivity contribution in [2.24, 2.45) is 13.0 Å². The number of amides is 2. The topological polar surface area (TPSA) is 88.9 Å². The molecule has 0 radical (unpaired) electrons. The van der Waals surface area contributed by atoms with E-state index in [0.717, 1.165) is 22.4 Å². The first-order valence-electron chi connectivity index (χ1n) is 11.3. The first-order chi connectivity index (χ1) is 16.3. The molecule has 0 saturated heterocycles. The van der Waals surface area contributed by atoms with E-state index < -0.39 is 11.9 Å². The first-order valence-corrected chi connectivity index (χ1v) is 11.3. The molecule has 0 saturated carbocycles. The number of allylic oxidation sites excluding steroid dienone is 2. The number of aromatic nitrogens is 3. The fourth-order valence-electron chi connectivity index (χ4n) is 4.41. The van der Waals surface area contributed by atoms with E-state index in [1.165, 1.54) is 17.0 Å². The van der Waals surface area contributed by atoms with Gasteiger partial charge in [0.25, 0.3) is 5.91 Å². The predicted octanol–water partition coefficient (Wildman–Crippen LogP) is 4.49. The molecular weight excluding hydrogens is 433 g/mol. The van der Waals surface area contributed by atoms with Gasteiger partial charge in [-0.15, -0.1) is 0 Å². The summed E-state index contributed by atoms with van der Waals surface area (Å²) in [6, 6.07) is 10.3. The summed E-state index contributed by atoms with van der Waals surface area (Å²) >= 11 is 0. The van der Waals surface area contributed by atoms with Crippen LogP contribution in [0.3, 0.4) is 0 Å². The van der Waals surface area contributed by atoms with Crippen LogP contribution < -0.4 is 10.6 Å². The minimum Gasteiger partial charge on any atom is -0.339 e. The summed E-state index contributed by atoms with van der Waals surface area (Å²) in [5, 5.41) is 9.78. The number of nitrogens with one attached hydrogen (secondary N) is 2. The molecule has 7 nitrogen and oxygen atoms in total. The SMILES string of the molecule is Cc1ccnc(C)c1-c1ccc(NC(=O)C(NC(=O)c2ccnn2C)[C@@H]2CC=C(F)CC2)cc1. The monoisotopic (exact) mass is 461 g/mol. The summed E-state index contributed by atoms with van der Waals surface area (Å²) in [6.07, 6.45) is 5.93. The number of carbonyl (C=O) groups excluding carboxylic acids is 2. The van der Waals surface area contributed by atoms with Gasteiger partial charge in [0.15, 0.2) is 0 Å². The highest BCUT2D eigenvalue weighted by molar-refractivity contribution is 6.00. The molecule has 8 heteroatoms. The minimum atomic E-state index is -0.811. The maximum absolute atomic E-state index is 13.6. The Morgan fingerprint density at radius 2 is 1.88 bits per heavy atom. The van der Waals surface area contributed by atoms with Crippen LogP contribution in [0.15, 0.2) is 60.7 Å². The molecule has 1 aliphatic carbocycles. The zero-order chi connectivity index (χ0) is 24.2. The molecular formula is C26H28FN5O2. The molecule has 0 bridgehead atoms. The molecule has 1 aromatic carbocycles. The molecule has 1 unspecified atom stereocenters. The molecule has 0 spiro atoms. The number of rotatable bonds is 6. The Kier molecular flexibility index (Phi) is 6.86. The van der Waals surface area contributed by atoms with Gasteiger partial charge in [-0.1, -0.05) is 18.2 Å². The van der Waals surface area contributed by atoms with Crippen molar-refractivity contribution in [3.8, 4) is 11.1 Å². The Bertz CT molecular complexity index is 1210. The number of hydrogen-bond acceptors (Lipinski definition) is 4. The van der Waals surface area contributed by atoms with Gasteiger partial charge in [0, 0.05) is 36.4 Å². The summed E-state index contributed by atoms with van der Waals surface area (Å²) in [7, 11) is 1.66. The second-order valence-electron chi connectivity index (χ2n) is 8.63. The Morgan fingerprint density at radius 1 is 1.12 bits per heavy atom. The Morgan fingerprint density at radius 3 is 2.50 bits per heavy atom. The number of anilines is 1. The van der Waals surface area contributed by atoms with Crippen LogP contribution in [-0.2, 0) is 11.8 Å². The number of halogens is 1. The molecule has 0 aliphatic heterocycles. The molecule has 176 valence electrons. The Balaban J connectivity index is 1.53. The molecule has 34 heavy (non-hydrogen) atoms. The smallest absolute Gasteiger partial charge is 0.270 e. The fraction of sp³-hybridized carbons (Fsp3) is 0.308. The van der Waals surface area contributed by atoms with Crippen LogP contribution in [0.4, 0.5) is 10.1 Å². The Labute approximate surface area is 198 Å². The number of nitrogens with zero attached hydrogens (tertiary/aromatic N) is 3. The van der Waals surface area contributed by atoms with Crippen LogP contribution in [0.1, 0.15) is 41.0 Å². The van der Waals surface area contributed by atoms with Crippen LogP contribution in [0.5, 0.6) is 0 Å². The van der Waals surface area contributed by atoms with Crippen molar-refractivity contribution >= 4 is 17.5 Å². The van der Waals surface area contributed by atoms with Gasteiger partial charge in [0.1, 0.15) is 11.7 Å². The summed E-state index contributed by atoms with van der Waals surface area (Å²) in [5.41, 5.74) is 5.10. The number of carbonyl (C=O) groups is 2. The van der Waals surface area contributed by atoms with Crippen LogP contribution in [0.25, 0.3) is 11.1 Å². The van der Waals surface area contributed by atoms with E-state index in [2.05, 4.69) is 20.7 Å². The highest BCUT2D eigenvalue weighted by Gasteiger charge is 2.32. The van der Waals surface area contributed by atoms with E-state index in [4.69, 9.17) is 0 Å². The van der Waals surface area contributed by atoms with Crippen LogP contribution in [0.2, 0.25) is 0 Å². The van der Waals surface area contributed by atoms with Gasteiger partial charge in [-0.05, 0) is 74.4 Å². The molecule has 3 aromatic rings. The van der Waals surface area contributed by atoms with Crippen molar-refractivity contribution in [2.75, 3.05) is 5.32 Å². The lowest BCUT2D eigenvalue weighted by Crippen LogP contribution is -2.49. The van der Waals surface area contributed by atoms with Gasteiger partial charge < -0.3 is 10.6 Å². The molecule has 2 heterocycles. The summed E-state index contributed by atoms with van der Waals surface area (Å²) in [5.74, 6) is -1.12. The first kappa shape index (κ1) is 23.4. The van der Waals surface area contributed by atoms with Crippen molar-refractivity contribution in [3.63, 3.8) is 0 Å². The van der Waals surface area contributed by atoms with Crippen LogP contribution >= 0.6 is 0 Å². The van der Waals surface area contributed by atoms with Gasteiger partial charge in [-0.3, -0.25) is 19.3 Å². The number of benzene rings is 1. The third-order valence-corrected chi connectivity index (χ3v) is 6.28. The van der Waals surface area contributed by atoms with Gasteiger partial charge in [-0.25, -0.2) is 4.39 Å². The fourth-order valence-corrected chi connectivity index (χ4v) is 4.41. The number of aryl methyl sites for hydroxylation is 3. The largest absolute Gasteiger partial charge is 0.339 e. The van der Waals surface area contributed by atoms with Gasteiger partial charge in [-0.2, -0.15) is 5.10 Å². The van der Waals surface area contributed by atoms with E-state index in [-0.39, 0.29) is 24.1 Å². The lowest BCUT2D eigenvalue weighted by Gasteiger charge is -2.28. The predicted molar refractivity (Wildman–Crippen MR) is 129 cm³/mol. The van der Waals surface area contributed by atoms with Crippen LogP contribution in [-0.4, -0.2) is 32.6 Å². The zero-order valence-corrected chi connectivity index (χ0v) is 19.5. The average Bonchev–Trinajstić information content (AvgIpc) is 3.25. The molecule has 2 N–H and O–H groups in total. The second kappa shape index (κ2) is 9.99. The quantitative estimate of drug-likeness (QED) is 0.566. The molecule has 2 aromatic heterocycles. The van der Waals surface area contributed by atoms with Crippen molar-refractivity contribution in [1.82, 2.24) is 20.1 Å². The highest BCUT2D eigenvalue weighted by atomic mass is 19.1. The van der Waals surface area contributed by atoms with Crippen molar-refractivity contribution in [3.05, 3.63) is 77.6 Å². The Hall–Kier alpha value is -3.81. The van der Waals surface area contributed by atoms with Crippen molar-refractivity contribution < 1.29 is 14.0 Å². The number of pyridine rings is 1. The van der Waals surface area contributed by atoms with E-state index in [1.54, 1.807) is 19.3 Å². The second-order valence-corrected chi connectivity index (χ2v) is 8.63. The van der Waals surface area contributed by atoms with Gasteiger partial charge in [0.05, 0.1) is 5.83 Å². The zero-order valence-electron chi connectivity index (χ0n) is 19.5. The molecule has 1 aliphatic rings. The third-order valence-electron chi connectivity index (χ3n) is 6.28. The highest BCUT2D eigenvalue weighted by Crippen LogP contribution is 2.29. The summed E-state index contributed by atoms with van der Waals surface area (Å²) in [6.45, 7) is 4.01. The number of hydrogen-bond donors (Lipinski definition) is 2. The average molecular weight is 462 g/mol. The van der Waals surface area contributed by atoms with E-state index >= 15 is 0 Å². The summed E-state index contributed by atoms with van der Waals surface area (Å²) < 4.78 is 15.0. The van der Waals surface area contributed by atoms with E-state index in [1.807, 2.05) is 44.2 Å². The molecule has 2 atom stereocenters.